The molecule has 1 fully saturated rings. The van der Waals surface area contributed by atoms with Crippen LogP contribution in [0.15, 0.2) is 30.6 Å². The van der Waals surface area contributed by atoms with Crippen molar-refractivity contribution >= 4 is 5.91 Å². The fourth-order valence-electron chi connectivity index (χ4n) is 3.51. The van der Waals surface area contributed by atoms with Crippen molar-refractivity contribution in [1.29, 1.82) is 0 Å². The van der Waals surface area contributed by atoms with E-state index in [9.17, 15) is 4.79 Å². The second-order valence-electron chi connectivity index (χ2n) is 6.57. The topological polar surface area (TPSA) is 59.8 Å². The van der Waals surface area contributed by atoms with Gasteiger partial charge in [-0.05, 0) is 12.1 Å². The van der Waals surface area contributed by atoms with E-state index in [4.69, 9.17) is 9.47 Å². The highest BCUT2D eigenvalue weighted by atomic mass is 16.5. The Morgan fingerprint density at radius 2 is 1.89 bits per heavy atom. The van der Waals surface area contributed by atoms with Gasteiger partial charge in [-0.25, -0.2) is 4.98 Å². The summed E-state index contributed by atoms with van der Waals surface area (Å²) in [4.78, 5) is 21.6. The van der Waals surface area contributed by atoms with E-state index in [1.807, 2.05) is 23.4 Å². The molecule has 0 saturated carbocycles. The van der Waals surface area contributed by atoms with Gasteiger partial charge < -0.3 is 18.9 Å². The van der Waals surface area contributed by atoms with Crippen LogP contribution < -0.4 is 9.47 Å². The molecule has 2 heterocycles. The lowest BCUT2D eigenvalue weighted by Gasteiger charge is -2.35. The van der Waals surface area contributed by atoms with Crippen molar-refractivity contribution in [3.05, 3.63) is 42.0 Å². The second-order valence-corrected chi connectivity index (χ2v) is 6.57. The van der Waals surface area contributed by atoms with Gasteiger partial charge in [0.05, 0.1) is 19.8 Å². The first kappa shape index (κ1) is 19.2. The third kappa shape index (κ3) is 4.24. The monoisotopic (exact) mass is 372 g/mol. The lowest BCUT2D eigenvalue weighted by Crippen LogP contribution is -2.49. The lowest BCUT2D eigenvalue weighted by atomic mass is 10.1. The highest BCUT2D eigenvalue weighted by molar-refractivity contribution is 5.97. The molecule has 27 heavy (non-hydrogen) atoms. The number of carbonyl (C=O) groups is 1. The van der Waals surface area contributed by atoms with Crippen LogP contribution in [0.1, 0.15) is 23.1 Å². The Morgan fingerprint density at radius 3 is 2.56 bits per heavy atom. The molecule has 3 rings (SSSR count). The number of rotatable bonds is 7. The number of piperazine rings is 1. The number of hydrogen-bond donors (Lipinski definition) is 0. The van der Waals surface area contributed by atoms with Gasteiger partial charge in [-0.15, -0.1) is 0 Å². The van der Waals surface area contributed by atoms with Gasteiger partial charge in [-0.3, -0.25) is 9.69 Å². The fraction of sp³-hybridized carbons (Fsp3) is 0.500. The zero-order valence-electron chi connectivity index (χ0n) is 16.4. The Morgan fingerprint density at radius 1 is 1.11 bits per heavy atom. The molecule has 0 atom stereocenters. The van der Waals surface area contributed by atoms with E-state index < -0.39 is 0 Å². The van der Waals surface area contributed by atoms with E-state index in [-0.39, 0.29) is 5.91 Å². The van der Waals surface area contributed by atoms with Crippen LogP contribution in [0.25, 0.3) is 0 Å². The maximum Gasteiger partial charge on any atom is 0.257 e. The summed E-state index contributed by atoms with van der Waals surface area (Å²) in [5.41, 5.74) is 0.552. The maximum atomic E-state index is 12.9. The van der Waals surface area contributed by atoms with Gasteiger partial charge in [0, 0.05) is 58.1 Å². The number of nitrogens with zero attached hydrogens (tertiary/aromatic N) is 4. The largest absolute Gasteiger partial charge is 0.493 e. The summed E-state index contributed by atoms with van der Waals surface area (Å²) in [5, 5.41) is 0. The molecule has 0 N–H and O–H groups in total. The Labute approximate surface area is 160 Å². The first-order valence-electron chi connectivity index (χ1n) is 9.40. The third-order valence-corrected chi connectivity index (χ3v) is 5.07. The molecule has 1 aromatic heterocycles. The summed E-state index contributed by atoms with van der Waals surface area (Å²) < 4.78 is 12.9. The van der Waals surface area contributed by atoms with Crippen molar-refractivity contribution < 1.29 is 14.3 Å². The number of hydrogen-bond acceptors (Lipinski definition) is 5. The Balaban J connectivity index is 1.57. The van der Waals surface area contributed by atoms with Crippen molar-refractivity contribution in [2.24, 2.45) is 0 Å². The van der Waals surface area contributed by atoms with Crippen molar-refractivity contribution in [1.82, 2.24) is 19.4 Å². The minimum atomic E-state index is -0.00622. The molecule has 2 aromatic rings. The van der Waals surface area contributed by atoms with Crippen molar-refractivity contribution in [3.63, 3.8) is 0 Å². The number of benzene rings is 1. The van der Waals surface area contributed by atoms with E-state index in [2.05, 4.69) is 21.4 Å². The van der Waals surface area contributed by atoms with Crippen LogP contribution in [0, 0.1) is 0 Å². The summed E-state index contributed by atoms with van der Waals surface area (Å²) in [5.74, 6) is 2.19. The molecule has 1 aromatic carbocycles. The van der Waals surface area contributed by atoms with Gasteiger partial charge in [0.25, 0.3) is 5.91 Å². The van der Waals surface area contributed by atoms with Crippen LogP contribution in [-0.4, -0.2) is 72.2 Å². The van der Waals surface area contributed by atoms with Crippen LogP contribution in [0.3, 0.4) is 0 Å². The molecule has 0 unspecified atom stereocenters. The van der Waals surface area contributed by atoms with Crippen molar-refractivity contribution in [3.8, 4) is 11.5 Å². The van der Waals surface area contributed by atoms with Crippen molar-refractivity contribution in [2.45, 2.75) is 19.9 Å². The molecule has 1 aliphatic heterocycles. The van der Waals surface area contributed by atoms with Gasteiger partial charge in [-0.1, -0.05) is 13.0 Å². The molecule has 1 saturated heterocycles. The van der Waals surface area contributed by atoms with Crippen LogP contribution in [0.4, 0.5) is 0 Å². The standard InChI is InChI=1S/C20H28N4O3/c1-4-18-21-8-9-23(18)13-10-22-11-14-24(15-12-22)20(25)16-6-5-7-17(26-2)19(16)27-3/h5-9H,4,10-15H2,1-3H3. The summed E-state index contributed by atoms with van der Waals surface area (Å²) >= 11 is 0. The Kier molecular flexibility index (Phi) is 6.34. The van der Waals surface area contributed by atoms with Crippen molar-refractivity contribution in [2.75, 3.05) is 46.9 Å². The molecule has 1 aliphatic rings. The predicted molar refractivity (Wildman–Crippen MR) is 103 cm³/mol. The normalized spacial score (nSPS) is 15.0. The average Bonchev–Trinajstić information content (AvgIpc) is 3.19. The summed E-state index contributed by atoms with van der Waals surface area (Å²) in [6.45, 7) is 7.18. The smallest absolute Gasteiger partial charge is 0.257 e. The quantitative estimate of drug-likeness (QED) is 0.743. The molecule has 7 nitrogen and oxygen atoms in total. The van der Waals surface area contributed by atoms with Gasteiger partial charge in [-0.2, -0.15) is 0 Å². The first-order chi connectivity index (χ1) is 13.2. The van der Waals surface area contributed by atoms with Crippen LogP contribution >= 0.6 is 0 Å². The van der Waals surface area contributed by atoms with Crippen LogP contribution in [-0.2, 0) is 13.0 Å². The van der Waals surface area contributed by atoms with Crippen LogP contribution in [0.5, 0.6) is 11.5 Å². The van der Waals surface area contributed by atoms with E-state index >= 15 is 0 Å². The van der Waals surface area contributed by atoms with E-state index in [1.165, 1.54) is 0 Å². The number of amides is 1. The summed E-state index contributed by atoms with van der Waals surface area (Å²) in [7, 11) is 3.14. The number of methoxy groups -OCH3 is 2. The fourth-order valence-corrected chi connectivity index (χ4v) is 3.51. The molecule has 0 bridgehead atoms. The highest BCUT2D eigenvalue weighted by Gasteiger charge is 2.25. The molecular weight excluding hydrogens is 344 g/mol. The molecule has 0 spiro atoms. The van der Waals surface area contributed by atoms with Gasteiger partial charge in [0.1, 0.15) is 5.82 Å². The number of carbonyl (C=O) groups excluding carboxylic acids is 1. The average molecular weight is 372 g/mol. The summed E-state index contributed by atoms with van der Waals surface area (Å²) in [6.07, 6.45) is 4.84. The second kappa shape index (κ2) is 8.90. The SMILES string of the molecule is CCc1nccn1CCN1CCN(C(=O)c2cccc(OC)c2OC)CC1. The minimum absolute atomic E-state index is 0.00622. The minimum Gasteiger partial charge on any atom is -0.493 e. The van der Waals surface area contributed by atoms with Gasteiger partial charge in [0.2, 0.25) is 0 Å². The Hall–Kier alpha value is -2.54. The zero-order chi connectivity index (χ0) is 19.2. The Bertz CT molecular complexity index is 766. The third-order valence-electron chi connectivity index (χ3n) is 5.07. The molecule has 146 valence electrons. The highest BCUT2D eigenvalue weighted by Crippen LogP contribution is 2.31. The van der Waals surface area contributed by atoms with E-state index in [1.54, 1.807) is 26.4 Å². The number of aromatic nitrogens is 2. The maximum absolute atomic E-state index is 12.9. The number of aryl methyl sites for hydroxylation is 1. The zero-order valence-corrected chi connectivity index (χ0v) is 16.4. The molecule has 0 radical (unpaired) electrons. The number of ether oxygens (including phenoxy) is 2. The van der Waals surface area contributed by atoms with Gasteiger partial charge in [0.15, 0.2) is 11.5 Å². The van der Waals surface area contributed by atoms with E-state index in [0.717, 1.165) is 38.4 Å². The molecular formula is C20H28N4O3. The molecule has 1 amide bonds. The lowest BCUT2D eigenvalue weighted by molar-refractivity contribution is 0.0629. The first-order valence-corrected chi connectivity index (χ1v) is 9.40. The van der Waals surface area contributed by atoms with E-state index in [0.29, 0.717) is 30.2 Å². The molecule has 0 aliphatic carbocycles. The number of imidazole rings is 1. The number of para-hydroxylation sites is 1. The van der Waals surface area contributed by atoms with Crippen LogP contribution in [0.2, 0.25) is 0 Å². The summed E-state index contributed by atoms with van der Waals surface area (Å²) in [6, 6.07) is 5.41. The van der Waals surface area contributed by atoms with Gasteiger partial charge >= 0.3 is 0 Å². The molecule has 7 heteroatoms. The predicted octanol–water partition coefficient (Wildman–Crippen LogP) is 1.92.